The predicted molar refractivity (Wildman–Crippen MR) is 122 cm³/mol. The smallest absolute Gasteiger partial charge is 0.329 e. The van der Waals surface area contributed by atoms with E-state index in [2.05, 4.69) is 23.0 Å². The number of carbonyl (C=O) groups is 2. The van der Waals surface area contributed by atoms with Gasteiger partial charge in [-0.25, -0.2) is 4.79 Å². The van der Waals surface area contributed by atoms with Gasteiger partial charge in [0.25, 0.3) is 0 Å². The molecule has 9 heteroatoms. The molecule has 0 saturated carbocycles. The van der Waals surface area contributed by atoms with Crippen LogP contribution in [-0.2, 0) is 28.5 Å². The molecule has 0 rings (SSSR count). The first-order chi connectivity index (χ1) is 14.0. The van der Waals surface area contributed by atoms with Gasteiger partial charge in [0.1, 0.15) is 0 Å². The predicted octanol–water partition coefficient (Wildman–Crippen LogP) is 1.62. The van der Waals surface area contributed by atoms with Crippen molar-refractivity contribution in [3.63, 3.8) is 0 Å². The minimum Gasteiger partial charge on any atom is -0.469 e. The summed E-state index contributed by atoms with van der Waals surface area (Å²) < 4.78 is 19.2. The maximum Gasteiger partial charge on any atom is 0.329 e. The Hall–Kier alpha value is -1.52. The monoisotopic (exact) mass is 439 g/mol. The van der Waals surface area contributed by atoms with Crippen LogP contribution in [0.4, 0.5) is 0 Å². The molecule has 0 spiro atoms. The van der Waals surface area contributed by atoms with E-state index >= 15 is 0 Å². The van der Waals surface area contributed by atoms with Gasteiger partial charge in [-0.05, 0) is 39.5 Å². The summed E-state index contributed by atoms with van der Waals surface area (Å²) in [7, 11) is 2.72. The van der Waals surface area contributed by atoms with Gasteiger partial charge in [0, 0.05) is 38.7 Å². The summed E-state index contributed by atoms with van der Waals surface area (Å²) in [5.41, 5.74) is 16.4. The molecule has 6 N–H and O–H groups in total. The van der Waals surface area contributed by atoms with Crippen LogP contribution in [0.2, 0.25) is 0 Å². The second-order valence-electron chi connectivity index (χ2n) is 7.31. The molecule has 182 valence electrons. The normalized spacial score (nSPS) is 13.9. The highest BCUT2D eigenvalue weighted by atomic mass is 16.5. The number of ether oxygens (including phenoxy) is 4. The van der Waals surface area contributed by atoms with Gasteiger partial charge in [0.15, 0.2) is 0 Å². The van der Waals surface area contributed by atoms with Crippen LogP contribution in [0.1, 0.15) is 48.4 Å². The van der Waals surface area contributed by atoms with Gasteiger partial charge in [0.05, 0.1) is 34.0 Å². The fourth-order valence-corrected chi connectivity index (χ4v) is 1.76. The van der Waals surface area contributed by atoms with Crippen molar-refractivity contribution in [2.45, 2.75) is 65.1 Å². The summed E-state index contributed by atoms with van der Waals surface area (Å²) in [6.07, 6.45) is 3.44. The SMILES string of the molecule is C=CC(=O)OC.CC(N)COCC(C)N.COC(=O)CCCC(C)COCC(C)N.[3HH]. The summed E-state index contributed by atoms with van der Waals surface area (Å²) in [6.45, 7) is 13.5. The summed E-state index contributed by atoms with van der Waals surface area (Å²) >= 11 is 0. The fraction of sp³-hybridized carbons (Fsp3) is 0.810. The molecule has 0 fully saturated rings. The zero-order valence-electron chi connectivity index (χ0n) is 19.7. The second-order valence-corrected chi connectivity index (χ2v) is 7.31. The molecule has 0 aromatic rings. The molecule has 0 aromatic heterocycles. The Kier molecular flexibility index (Phi) is 26.2. The van der Waals surface area contributed by atoms with Crippen LogP contribution in [0, 0.1) is 5.92 Å². The van der Waals surface area contributed by atoms with Crippen LogP contribution in [0.3, 0.4) is 0 Å². The van der Waals surface area contributed by atoms with E-state index in [-0.39, 0.29) is 25.5 Å². The van der Waals surface area contributed by atoms with Crippen molar-refractivity contribution in [1.82, 2.24) is 0 Å². The average molecular weight is 440 g/mol. The van der Waals surface area contributed by atoms with E-state index in [0.717, 1.165) is 18.9 Å². The molecule has 0 bridgehead atoms. The lowest BCUT2D eigenvalue weighted by Gasteiger charge is -2.12. The molecule has 4 atom stereocenters. The Bertz CT molecular complexity index is 416. The van der Waals surface area contributed by atoms with Crippen molar-refractivity contribution in [3.8, 4) is 0 Å². The van der Waals surface area contributed by atoms with Gasteiger partial charge in [-0.15, -0.1) is 0 Å². The topological polar surface area (TPSA) is 149 Å². The number of nitrogens with two attached hydrogens (primary N) is 3. The van der Waals surface area contributed by atoms with Gasteiger partial charge >= 0.3 is 11.9 Å². The largest absolute Gasteiger partial charge is 0.469 e. The first-order valence-corrected chi connectivity index (χ1v) is 10.2. The Morgan fingerprint density at radius 3 is 1.60 bits per heavy atom. The Morgan fingerprint density at radius 1 is 0.867 bits per heavy atom. The van der Waals surface area contributed by atoms with E-state index in [1.165, 1.54) is 14.2 Å². The van der Waals surface area contributed by atoms with E-state index in [0.29, 0.717) is 38.8 Å². The van der Waals surface area contributed by atoms with Gasteiger partial charge in [0.2, 0.25) is 0 Å². The molecule has 9 nitrogen and oxygen atoms in total. The van der Waals surface area contributed by atoms with Gasteiger partial charge < -0.3 is 36.1 Å². The first kappa shape index (κ1) is 33.1. The Morgan fingerprint density at radius 2 is 1.30 bits per heavy atom. The number of hydrogen-bond donors (Lipinski definition) is 3. The third-order valence-electron chi connectivity index (χ3n) is 3.22. The highest BCUT2D eigenvalue weighted by Gasteiger charge is 2.06. The zero-order chi connectivity index (χ0) is 23.9. The lowest BCUT2D eigenvalue weighted by Crippen LogP contribution is -2.27. The molecule has 4 unspecified atom stereocenters. The van der Waals surface area contributed by atoms with Gasteiger partial charge in [-0.2, -0.15) is 0 Å². The van der Waals surface area contributed by atoms with Crippen LogP contribution in [0.5, 0.6) is 0 Å². The average Bonchev–Trinajstić information content (AvgIpc) is 2.67. The van der Waals surface area contributed by atoms with E-state index in [4.69, 9.17) is 26.7 Å². The van der Waals surface area contributed by atoms with Crippen LogP contribution >= 0.6 is 0 Å². The molecule has 0 aliphatic heterocycles. The fourth-order valence-electron chi connectivity index (χ4n) is 1.76. The summed E-state index contributed by atoms with van der Waals surface area (Å²) in [4.78, 5) is 20.7. The lowest BCUT2D eigenvalue weighted by molar-refractivity contribution is -0.140. The molecule has 0 aromatic carbocycles. The molecular weight excluding hydrogens is 390 g/mol. The minimum atomic E-state index is -0.394. The summed E-state index contributed by atoms with van der Waals surface area (Å²) in [5.74, 6) is -0.0675. The molecule has 0 saturated heterocycles. The van der Waals surface area contributed by atoms with Crippen molar-refractivity contribution < 1.29 is 30.0 Å². The number of methoxy groups -OCH3 is 2. The molecule has 0 aliphatic rings. The Balaban J connectivity index is -0.000000194. The number of rotatable bonds is 13. The minimum absolute atomic E-state index is 0. The number of hydrogen-bond acceptors (Lipinski definition) is 9. The van der Waals surface area contributed by atoms with Crippen molar-refractivity contribution in [2.24, 2.45) is 23.1 Å². The van der Waals surface area contributed by atoms with Gasteiger partial charge in [-0.3, -0.25) is 4.79 Å². The number of esters is 2. The summed E-state index contributed by atoms with van der Waals surface area (Å²) in [6, 6.07) is 0.319. The quantitative estimate of drug-likeness (QED) is 0.287. The number of carbonyl (C=O) groups excluding carboxylic acids is 2. The lowest BCUT2D eigenvalue weighted by atomic mass is 10.1. The molecule has 0 amide bonds. The van der Waals surface area contributed by atoms with Crippen molar-refractivity contribution in [1.29, 1.82) is 0 Å². The first-order valence-electron chi connectivity index (χ1n) is 10.2. The second kappa shape index (κ2) is 23.8. The summed E-state index contributed by atoms with van der Waals surface area (Å²) in [5, 5.41) is 0. The van der Waals surface area contributed by atoms with Crippen molar-refractivity contribution in [3.05, 3.63) is 12.7 Å². The molecular formula is C21H47N3O6. The molecule has 0 heterocycles. The highest BCUT2D eigenvalue weighted by molar-refractivity contribution is 5.80. The molecule has 30 heavy (non-hydrogen) atoms. The van der Waals surface area contributed by atoms with Gasteiger partial charge in [-0.1, -0.05) is 13.5 Å². The Labute approximate surface area is 184 Å². The third-order valence-corrected chi connectivity index (χ3v) is 3.22. The van der Waals surface area contributed by atoms with Crippen LogP contribution in [0.15, 0.2) is 12.7 Å². The van der Waals surface area contributed by atoms with Crippen LogP contribution in [-0.4, -0.2) is 70.7 Å². The molecule has 0 aliphatic carbocycles. The van der Waals surface area contributed by atoms with Crippen LogP contribution < -0.4 is 17.2 Å². The maximum absolute atomic E-state index is 10.8. The van der Waals surface area contributed by atoms with Crippen molar-refractivity contribution >= 4 is 11.9 Å². The van der Waals surface area contributed by atoms with E-state index in [9.17, 15) is 9.59 Å². The highest BCUT2D eigenvalue weighted by Crippen LogP contribution is 2.08. The third kappa shape index (κ3) is 34.0. The molecule has 0 radical (unpaired) electrons. The zero-order valence-corrected chi connectivity index (χ0v) is 19.7. The van der Waals surface area contributed by atoms with E-state index in [1.807, 2.05) is 20.8 Å². The van der Waals surface area contributed by atoms with Crippen LogP contribution in [0.25, 0.3) is 0 Å². The van der Waals surface area contributed by atoms with Crippen molar-refractivity contribution in [2.75, 3.05) is 40.6 Å². The maximum atomic E-state index is 10.8. The standard InChI is InChI=1S/C11H23NO3.C6H16N2O.C4H6O2.H2/c1-9(7-15-8-10(2)12)5-4-6-11(13)14-3;1-5(7)3-9-4-6(2)8;1-3-4(5)6-2;/h9-10H,4-8,12H2,1-3H3;5-6H,3-4,7-8H2,1-2H3;3H,1H2,2H3;1H/i;;;1+2. The van der Waals surface area contributed by atoms with E-state index < -0.39 is 5.97 Å². The van der Waals surface area contributed by atoms with E-state index in [1.54, 1.807) is 0 Å².